The van der Waals surface area contributed by atoms with Gasteiger partial charge in [-0.05, 0) is 61.5 Å². The lowest BCUT2D eigenvalue weighted by molar-refractivity contribution is 0.102. The third kappa shape index (κ3) is 4.67. The Hall–Kier alpha value is -4.42. The van der Waals surface area contributed by atoms with E-state index in [2.05, 4.69) is 15.6 Å². The Morgan fingerprint density at radius 3 is 2.56 bits per heavy atom. The number of nitrogens with one attached hydrogen (secondary N) is 1. The monoisotopic (exact) mass is 477 g/mol. The van der Waals surface area contributed by atoms with E-state index in [1.165, 1.54) is 30.0 Å². The lowest BCUT2D eigenvalue weighted by Crippen LogP contribution is -2.14. The summed E-state index contributed by atoms with van der Waals surface area (Å²) in [6.45, 7) is 1.67. The van der Waals surface area contributed by atoms with Crippen molar-refractivity contribution in [2.75, 3.05) is 12.4 Å². The number of benzene rings is 3. The van der Waals surface area contributed by atoms with Gasteiger partial charge < -0.3 is 14.8 Å². The molecule has 0 unspecified atom stereocenters. The molecule has 1 N–H and O–H groups in total. The Morgan fingerprint density at radius 1 is 1.12 bits per heavy atom. The molecule has 4 rings (SSSR count). The molecule has 0 aliphatic heterocycles. The zero-order valence-electron chi connectivity index (χ0n) is 18.0. The van der Waals surface area contributed by atoms with Crippen molar-refractivity contribution in [3.05, 3.63) is 88.5 Å². The minimum Gasteiger partial charge on any atom is -0.493 e. The van der Waals surface area contributed by atoms with Crippen LogP contribution in [-0.2, 0) is 0 Å². The van der Waals surface area contributed by atoms with E-state index in [1.54, 1.807) is 49.4 Å². The van der Waals surface area contributed by atoms with E-state index in [0.717, 1.165) is 0 Å². The number of nitriles is 1. The predicted octanol–water partition coefficient (Wildman–Crippen LogP) is 5.29. The van der Waals surface area contributed by atoms with Gasteiger partial charge in [0, 0.05) is 11.8 Å². The van der Waals surface area contributed by atoms with Crippen molar-refractivity contribution in [1.82, 2.24) is 15.0 Å². The summed E-state index contributed by atoms with van der Waals surface area (Å²) in [4.78, 5) is 12.7. The second-order valence-corrected chi connectivity index (χ2v) is 7.50. The highest BCUT2D eigenvalue weighted by atomic mass is 35.5. The normalized spacial score (nSPS) is 10.4. The maximum atomic E-state index is 13.4. The Bertz CT molecular complexity index is 1410. The molecular weight excluding hydrogens is 461 g/mol. The van der Waals surface area contributed by atoms with Crippen LogP contribution >= 0.6 is 11.6 Å². The molecule has 3 aromatic carbocycles. The summed E-state index contributed by atoms with van der Waals surface area (Å²) < 4.78 is 25.9. The molecule has 0 fully saturated rings. The Balaban J connectivity index is 1.47. The molecule has 34 heavy (non-hydrogen) atoms. The van der Waals surface area contributed by atoms with Gasteiger partial charge in [-0.15, -0.1) is 5.10 Å². The number of carbonyl (C=O) groups excluding carboxylic acids is 1. The third-order valence-electron chi connectivity index (χ3n) is 4.89. The summed E-state index contributed by atoms with van der Waals surface area (Å²) in [5.41, 5.74) is 2.03. The quantitative estimate of drug-likeness (QED) is 0.404. The van der Waals surface area contributed by atoms with Crippen LogP contribution in [0.25, 0.3) is 5.69 Å². The minimum atomic E-state index is -0.550. The highest BCUT2D eigenvalue weighted by Gasteiger charge is 2.18. The van der Waals surface area contributed by atoms with Gasteiger partial charge in [0.15, 0.2) is 17.2 Å². The van der Waals surface area contributed by atoms with Crippen molar-refractivity contribution in [3.8, 4) is 29.0 Å². The number of hydrogen-bond donors (Lipinski definition) is 1. The summed E-state index contributed by atoms with van der Waals surface area (Å²) >= 11 is 5.84. The third-order valence-corrected chi connectivity index (χ3v) is 5.18. The fourth-order valence-electron chi connectivity index (χ4n) is 3.15. The molecule has 0 aliphatic carbocycles. The van der Waals surface area contributed by atoms with Gasteiger partial charge in [0.1, 0.15) is 11.6 Å². The van der Waals surface area contributed by atoms with E-state index >= 15 is 0 Å². The molecule has 0 saturated carbocycles. The minimum absolute atomic E-state index is 0.0562. The fraction of sp³-hybridized carbons (Fsp3) is 0.0833. The number of carbonyl (C=O) groups is 1. The maximum Gasteiger partial charge on any atom is 0.278 e. The number of nitrogens with zero attached hydrogens (tertiary/aromatic N) is 4. The van der Waals surface area contributed by atoms with Crippen LogP contribution in [0.4, 0.5) is 10.1 Å². The number of rotatable bonds is 6. The molecule has 1 aromatic heterocycles. The van der Waals surface area contributed by atoms with Crippen molar-refractivity contribution in [2.24, 2.45) is 0 Å². The van der Waals surface area contributed by atoms with Gasteiger partial charge in [-0.25, -0.2) is 9.07 Å². The van der Waals surface area contributed by atoms with Gasteiger partial charge in [-0.2, -0.15) is 5.26 Å². The summed E-state index contributed by atoms with van der Waals surface area (Å²) in [6, 6.07) is 17.7. The molecule has 10 heteroatoms. The van der Waals surface area contributed by atoms with Crippen LogP contribution in [0.15, 0.2) is 60.7 Å². The van der Waals surface area contributed by atoms with Gasteiger partial charge in [0.25, 0.3) is 5.91 Å². The molecule has 0 radical (unpaired) electrons. The predicted molar refractivity (Wildman–Crippen MR) is 123 cm³/mol. The van der Waals surface area contributed by atoms with Gasteiger partial charge >= 0.3 is 0 Å². The van der Waals surface area contributed by atoms with E-state index in [9.17, 15) is 9.18 Å². The summed E-state index contributed by atoms with van der Waals surface area (Å²) in [7, 11) is 1.49. The lowest BCUT2D eigenvalue weighted by atomic mass is 10.2. The van der Waals surface area contributed by atoms with Crippen LogP contribution < -0.4 is 14.8 Å². The van der Waals surface area contributed by atoms with Gasteiger partial charge in [-0.3, -0.25) is 4.79 Å². The van der Waals surface area contributed by atoms with Gasteiger partial charge in [0.2, 0.25) is 0 Å². The fourth-order valence-corrected chi connectivity index (χ4v) is 3.32. The molecule has 4 aromatic rings. The first-order valence-electron chi connectivity index (χ1n) is 9.94. The molecule has 1 amide bonds. The Kier molecular flexibility index (Phi) is 6.43. The lowest BCUT2D eigenvalue weighted by Gasteiger charge is -2.11. The molecule has 0 bridgehead atoms. The average molecular weight is 478 g/mol. The van der Waals surface area contributed by atoms with E-state index in [-0.39, 0.29) is 10.7 Å². The maximum absolute atomic E-state index is 13.4. The van der Waals surface area contributed by atoms with Gasteiger partial charge in [-0.1, -0.05) is 16.8 Å². The van der Waals surface area contributed by atoms with Crippen molar-refractivity contribution in [1.29, 1.82) is 5.26 Å². The number of ether oxygens (including phenoxy) is 2. The number of amides is 1. The van der Waals surface area contributed by atoms with Crippen LogP contribution in [0.5, 0.6) is 17.2 Å². The SMILES string of the molecule is COc1cc(C#N)ccc1Oc1ccc(NC(=O)c2nnn(-c3ccc(F)c(Cl)c3)c2C)cc1. The van der Waals surface area contributed by atoms with Crippen LogP contribution in [0, 0.1) is 24.1 Å². The van der Waals surface area contributed by atoms with Crippen molar-refractivity contribution < 1.29 is 18.7 Å². The van der Waals surface area contributed by atoms with Crippen LogP contribution in [0.3, 0.4) is 0 Å². The van der Waals surface area contributed by atoms with Crippen LogP contribution in [-0.4, -0.2) is 28.0 Å². The first-order valence-corrected chi connectivity index (χ1v) is 10.3. The summed E-state index contributed by atoms with van der Waals surface area (Å²) in [5, 5.41) is 19.6. The number of methoxy groups -OCH3 is 1. The summed E-state index contributed by atoms with van der Waals surface area (Å²) in [6.07, 6.45) is 0. The standard InChI is InChI=1S/C24H17ClFN5O3/c1-14-23(29-30-31(14)17-6-9-20(26)19(25)12-17)24(32)28-16-4-7-18(8-5-16)34-21-10-3-15(13-27)11-22(21)33-2/h3-12H,1-2H3,(H,28,32). The molecule has 170 valence electrons. The van der Waals surface area contributed by atoms with Crippen molar-refractivity contribution in [3.63, 3.8) is 0 Å². The molecule has 0 atom stereocenters. The average Bonchev–Trinajstić information content (AvgIpc) is 3.23. The number of halogens is 2. The van der Waals surface area contributed by atoms with Gasteiger partial charge in [0.05, 0.1) is 35.1 Å². The van der Waals surface area contributed by atoms with Crippen molar-refractivity contribution in [2.45, 2.75) is 6.92 Å². The number of aromatic nitrogens is 3. The van der Waals surface area contributed by atoms with E-state index < -0.39 is 11.7 Å². The second-order valence-electron chi connectivity index (χ2n) is 7.09. The Labute approximate surface area is 199 Å². The highest BCUT2D eigenvalue weighted by Crippen LogP contribution is 2.32. The van der Waals surface area contributed by atoms with Crippen LogP contribution in [0.2, 0.25) is 5.02 Å². The second kappa shape index (κ2) is 9.60. The topological polar surface area (TPSA) is 102 Å². The molecular formula is C24H17ClFN5O3. The van der Waals surface area contributed by atoms with E-state index in [4.69, 9.17) is 26.3 Å². The van der Waals surface area contributed by atoms with Crippen molar-refractivity contribution >= 4 is 23.2 Å². The van der Waals surface area contributed by atoms with Crippen LogP contribution in [0.1, 0.15) is 21.7 Å². The molecule has 0 spiro atoms. The first kappa shape index (κ1) is 22.8. The largest absolute Gasteiger partial charge is 0.493 e. The highest BCUT2D eigenvalue weighted by molar-refractivity contribution is 6.30. The molecule has 8 nitrogen and oxygen atoms in total. The smallest absolute Gasteiger partial charge is 0.278 e. The zero-order chi connectivity index (χ0) is 24.2. The zero-order valence-corrected chi connectivity index (χ0v) is 18.8. The first-order chi connectivity index (χ1) is 16.4. The summed E-state index contributed by atoms with van der Waals surface area (Å²) in [5.74, 6) is 0.380. The number of anilines is 1. The molecule has 0 saturated heterocycles. The van der Waals surface area contributed by atoms with E-state index in [0.29, 0.717) is 39.9 Å². The molecule has 1 heterocycles. The molecule has 0 aliphatic rings. The van der Waals surface area contributed by atoms with E-state index in [1.807, 2.05) is 6.07 Å². The number of hydrogen-bond acceptors (Lipinski definition) is 6. The Morgan fingerprint density at radius 2 is 1.88 bits per heavy atom.